The highest BCUT2D eigenvalue weighted by molar-refractivity contribution is 7.89. The number of carbonyl (C=O) groups is 1. The molecular weight excluding hydrogens is 307 g/mol. The lowest BCUT2D eigenvalue weighted by Gasteiger charge is -2.11. The van der Waals surface area contributed by atoms with Crippen LogP contribution in [0.25, 0.3) is 0 Å². The van der Waals surface area contributed by atoms with E-state index in [0.717, 1.165) is 18.2 Å². The van der Waals surface area contributed by atoms with Crippen molar-refractivity contribution < 1.29 is 27.6 Å². The maximum atomic E-state index is 13.4. The van der Waals surface area contributed by atoms with Gasteiger partial charge in [-0.1, -0.05) is 13.0 Å². The number of hydrogen-bond acceptors (Lipinski definition) is 5. The van der Waals surface area contributed by atoms with Crippen molar-refractivity contribution in [2.75, 3.05) is 6.54 Å². The number of sulfonamides is 1. The first-order valence-electron chi connectivity index (χ1n) is 5.86. The Hall–Kier alpha value is -2.07. The molecule has 1 atom stereocenters. The molecule has 8 nitrogen and oxygen atoms in total. The Morgan fingerprint density at radius 1 is 1.52 bits per heavy atom. The van der Waals surface area contributed by atoms with E-state index in [1.165, 1.54) is 0 Å². The third-order valence-electron chi connectivity index (χ3n) is 2.78. The minimum Gasteiger partial charge on any atom is -0.481 e. The highest BCUT2D eigenvalue weighted by Crippen LogP contribution is 2.26. The van der Waals surface area contributed by atoms with Crippen LogP contribution in [-0.4, -0.2) is 31.0 Å². The summed E-state index contributed by atoms with van der Waals surface area (Å²) in [6.45, 7) is 1.11. The van der Waals surface area contributed by atoms with Crippen LogP contribution in [0.2, 0.25) is 0 Å². The molecule has 0 spiro atoms. The fourth-order valence-electron chi connectivity index (χ4n) is 1.58. The van der Waals surface area contributed by atoms with E-state index in [1.54, 1.807) is 6.92 Å². The molecule has 0 fully saturated rings. The summed E-state index contributed by atoms with van der Waals surface area (Å²) in [7, 11) is -4.39. The first-order chi connectivity index (χ1) is 9.70. The number of nitrogens with one attached hydrogen (secondary N) is 1. The monoisotopic (exact) mass is 320 g/mol. The zero-order valence-electron chi connectivity index (χ0n) is 10.9. The second kappa shape index (κ2) is 6.59. The fraction of sp³-hybridized carbons (Fsp3) is 0.364. The molecule has 1 aromatic rings. The number of nitro groups is 1. The van der Waals surface area contributed by atoms with Gasteiger partial charge in [0.2, 0.25) is 15.8 Å². The second-order valence-corrected chi connectivity index (χ2v) is 5.87. The smallest absolute Gasteiger partial charge is 0.324 e. The summed E-state index contributed by atoms with van der Waals surface area (Å²) in [6, 6.07) is 2.67. The van der Waals surface area contributed by atoms with Gasteiger partial charge in [-0.05, 0) is 18.6 Å². The predicted octanol–water partition coefficient (Wildman–Crippen LogP) is 1.12. The van der Waals surface area contributed by atoms with Gasteiger partial charge in [0, 0.05) is 6.54 Å². The average Bonchev–Trinajstić information content (AvgIpc) is 2.38. The molecule has 10 heteroatoms. The fourth-order valence-corrected chi connectivity index (χ4v) is 2.84. The molecule has 0 aliphatic heterocycles. The average molecular weight is 320 g/mol. The Kier molecular flexibility index (Phi) is 5.33. The highest BCUT2D eigenvalue weighted by Gasteiger charge is 2.30. The van der Waals surface area contributed by atoms with Crippen molar-refractivity contribution in [2.45, 2.75) is 18.2 Å². The van der Waals surface area contributed by atoms with Crippen LogP contribution in [0.15, 0.2) is 23.1 Å². The van der Waals surface area contributed by atoms with E-state index in [0.29, 0.717) is 0 Å². The summed E-state index contributed by atoms with van der Waals surface area (Å²) in [5.41, 5.74) is -1.17. The Morgan fingerprint density at radius 3 is 2.62 bits per heavy atom. The van der Waals surface area contributed by atoms with E-state index in [1.807, 2.05) is 4.72 Å². The standard InChI is InChI=1S/C11H13FN2O6S/c1-2-7(11(15)16)6-13-21(19,20)9-5-3-4-8(12)10(9)14(17)18/h3-5,7,13H,2,6H2,1H3,(H,15,16). The molecule has 0 aliphatic rings. The van der Waals surface area contributed by atoms with Gasteiger partial charge >= 0.3 is 11.7 Å². The Balaban J connectivity index is 3.12. The van der Waals surface area contributed by atoms with E-state index in [2.05, 4.69) is 0 Å². The molecule has 1 aromatic carbocycles. The van der Waals surface area contributed by atoms with Gasteiger partial charge in [-0.25, -0.2) is 13.1 Å². The number of carboxylic acid groups (broad SMARTS) is 1. The SMILES string of the molecule is CCC(CNS(=O)(=O)c1cccc(F)c1[N+](=O)[O-])C(=O)O. The van der Waals surface area contributed by atoms with E-state index in [9.17, 15) is 27.7 Å². The molecule has 116 valence electrons. The molecule has 2 N–H and O–H groups in total. The predicted molar refractivity (Wildman–Crippen MR) is 69.7 cm³/mol. The van der Waals surface area contributed by atoms with E-state index < -0.39 is 49.8 Å². The van der Waals surface area contributed by atoms with Gasteiger partial charge in [0.25, 0.3) is 0 Å². The van der Waals surface area contributed by atoms with Gasteiger partial charge in [-0.15, -0.1) is 0 Å². The van der Waals surface area contributed by atoms with E-state index in [-0.39, 0.29) is 6.42 Å². The van der Waals surface area contributed by atoms with Gasteiger partial charge < -0.3 is 5.11 Å². The molecule has 0 heterocycles. The quantitative estimate of drug-likeness (QED) is 0.572. The molecule has 0 saturated carbocycles. The van der Waals surface area contributed by atoms with Crippen LogP contribution in [0.3, 0.4) is 0 Å². The number of nitro benzene ring substituents is 1. The molecule has 1 unspecified atom stereocenters. The lowest BCUT2D eigenvalue weighted by Crippen LogP contribution is -2.33. The van der Waals surface area contributed by atoms with Crippen LogP contribution in [0.5, 0.6) is 0 Å². The molecular formula is C11H13FN2O6S. The number of para-hydroxylation sites is 1. The first-order valence-corrected chi connectivity index (χ1v) is 7.34. The van der Waals surface area contributed by atoms with Crippen LogP contribution < -0.4 is 4.72 Å². The second-order valence-electron chi connectivity index (χ2n) is 4.14. The van der Waals surface area contributed by atoms with Crippen molar-refractivity contribution in [2.24, 2.45) is 5.92 Å². The lowest BCUT2D eigenvalue weighted by atomic mass is 10.1. The van der Waals surface area contributed by atoms with Crippen molar-refractivity contribution in [1.29, 1.82) is 0 Å². The Morgan fingerprint density at radius 2 is 2.14 bits per heavy atom. The zero-order valence-corrected chi connectivity index (χ0v) is 11.8. The van der Waals surface area contributed by atoms with E-state index in [4.69, 9.17) is 5.11 Å². The third-order valence-corrected chi connectivity index (χ3v) is 4.24. The highest BCUT2D eigenvalue weighted by atomic mass is 32.2. The van der Waals surface area contributed by atoms with Gasteiger partial charge in [-0.3, -0.25) is 14.9 Å². The van der Waals surface area contributed by atoms with Crippen molar-refractivity contribution in [3.05, 3.63) is 34.1 Å². The number of benzene rings is 1. The molecule has 0 amide bonds. The normalized spacial score (nSPS) is 12.9. The van der Waals surface area contributed by atoms with Crippen molar-refractivity contribution in [1.82, 2.24) is 4.72 Å². The van der Waals surface area contributed by atoms with Crippen molar-refractivity contribution in [3.8, 4) is 0 Å². The van der Waals surface area contributed by atoms with Gasteiger partial charge in [0.15, 0.2) is 4.90 Å². The summed E-state index contributed by atoms with van der Waals surface area (Å²) in [6.07, 6.45) is 0.170. The number of halogens is 1. The first kappa shape index (κ1) is 17.0. The third kappa shape index (κ3) is 3.95. The van der Waals surface area contributed by atoms with Gasteiger partial charge in [0.1, 0.15) is 0 Å². The van der Waals surface area contributed by atoms with Crippen molar-refractivity contribution >= 4 is 21.7 Å². The van der Waals surface area contributed by atoms with Crippen LogP contribution >= 0.6 is 0 Å². The summed E-state index contributed by atoms with van der Waals surface area (Å²) < 4.78 is 39.3. The number of rotatable bonds is 7. The number of nitrogens with zero attached hydrogens (tertiary/aromatic N) is 1. The Labute approximate surface area is 119 Å². The van der Waals surface area contributed by atoms with Crippen LogP contribution in [-0.2, 0) is 14.8 Å². The van der Waals surface area contributed by atoms with Crippen molar-refractivity contribution in [3.63, 3.8) is 0 Å². The van der Waals surface area contributed by atoms with Gasteiger partial charge in [-0.2, -0.15) is 4.39 Å². The summed E-state index contributed by atoms with van der Waals surface area (Å²) in [4.78, 5) is 19.6. The van der Waals surface area contributed by atoms with Crippen LogP contribution in [0.1, 0.15) is 13.3 Å². The minimum absolute atomic E-state index is 0.170. The topological polar surface area (TPSA) is 127 Å². The summed E-state index contributed by atoms with van der Waals surface area (Å²) >= 11 is 0. The molecule has 0 aromatic heterocycles. The zero-order chi connectivity index (χ0) is 16.2. The van der Waals surface area contributed by atoms with Crippen LogP contribution in [0, 0.1) is 21.8 Å². The molecule has 0 saturated heterocycles. The Bertz CT molecular complexity index is 661. The number of carboxylic acids is 1. The lowest BCUT2D eigenvalue weighted by molar-refractivity contribution is -0.390. The maximum absolute atomic E-state index is 13.4. The molecule has 0 aliphatic carbocycles. The molecule has 0 bridgehead atoms. The number of hydrogen-bond donors (Lipinski definition) is 2. The molecule has 1 rings (SSSR count). The van der Waals surface area contributed by atoms with E-state index >= 15 is 0 Å². The largest absolute Gasteiger partial charge is 0.481 e. The van der Waals surface area contributed by atoms with Gasteiger partial charge in [0.05, 0.1) is 10.8 Å². The number of aliphatic carboxylic acids is 1. The van der Waals surface area contributed by atoms with Crippen LogP contribution in [0.4, 0.5) is 10.1 Å². The maximum Gasteiger partial charge on any atom is 0.324 e. The summed E-state index contributed by atoms with van der Waals surface area (Å²) in [5, 5.41) is 19.6. The molecule has 21 heavy (non-hydrogen) atoms. The minimum atomic E-state index is -4.39. The summed E-state index contributed by atoms with van der Waals surface area (Å²) in [5.74, 6) is -3.46. The molecule has 0 radical (unpaired) electrons.